The molecular formula is C12H22N2O3. The fourth-order valence-corrected chi connectivity index (χ4v) is 2.10. The first-order valence-corrected chi connectivity index (χ1v) is 6.31. The van der Waals surface area contributed by atoms with Crippen LogP contribution in [-0.4, -0.2) is 30.6 Å². The normalized spacial score (nSPS) is 18.5. The molecule has 1 rings (SSSR count). The highest BCUT2D eigenvalue weighted by Gasteiger charge is 2.34. The van der Waals surface area contributed by atoms with E-state index in [1.807, 2.05) is 0 Å². The summed E-state index contributed by atoms with van der Waals surface area (Å²) in [6, 6.07) is 0. The van der Waals surface area contributed by atoms with Crippen molar-refractivity contribution < 1.29 is 14.3 Å². The van der Waals surface area contributed by atoms with E-state index in [-0.39, 0.29) is 18.3 Å². The van der Waals surface area contributed by atoms with E-state index >= 15 is 0 Å². The van der Waals surface area contributed by atoms with Crippen molar-refractivity contribution in [2.75, 3.05) is 13.2 Å². The van der Waals surface area contributed by atoms with Gasteiger partial charge in [-0.25, -0.2) is 0 Å². The summed E-state index contributed by atoms with van der Waals surface area (Å²) in [6.07, 6.45) is 4.82. The van der Waals surface area contributed by atoms with E-state index in [2.05, 4.69) is 5.32 Å². The number of ether oxygens (including phenoxy) is 1. The number of carbonyl (C=O) groups excluding carboxylic acids is 2. The molecule has 0 unspecified atom stereocenters. The van der Waals surface area contributed by atoms with E-state index in [9.17, 15) is 9.59 Å². The molecule has 1 saturated carbocycles. The highest BCUT2D eigenvalue weighted by atomic mass is 16.5. The summed E-state index contributed by atoms with van der Waals surface area (Å²) in [6.45, 7) is 2.43. The van der Waals surface area contributed by atoms with Gasteiger partial charge in [-0.3, -0.25) is 9.59 Å². The Bertz CT molecular complexity index is 273. The monoisotopic (exact) mass is 242 g/mol. The van der Waals surface area contributed by atoms with Gasteiger partial charge in [0.25, 0.3) is 0 Å². The van der Waals surface area contributed by atoms with Crippen molar-refractivity contribution in [2.45, 2.75) is 51.0 Å². The fraction of sp³-hybridized carbons (Fsp3) is 0.833. The molecule has 0 spiro atoms. The van der Waals surface area contributed by atoms with Crippen molar-refractivity contribution in [2.24, 2.45) is 5.73 Å². The summed E-state index contributed by atoms with van der Waals surface area (Å²) in [4.78, 5) is 22.9. The van der Waals surface area contributed by atoms with Gasteiger partial charge in [-0.15, -0.1) is 0 Å². The maximum absolute atomic E-state index is 11.9. The van der Waals surface area contributed by atoms with Gasteiger partial charge in [-0.2, -0.15) is 0 Å². The minimum absolute atomic E-state index is 0.138. The van der Waals surface area contributed by atoms with Crippen LogP contribution in [0.15, 0.2) is 0 Å². The second-order valence-electron chi connectivity index (χ2n) is 4.53. The molecule has 0 bridgehead atoms. The molecule has 17 heavy (non-hydrogen) atoms. The SMILES string of the molecule is CCOC(=O)CCNC(=O)C1(N)CCCCC1. The molecule has 3 N–H and O–H groups in total. The van der Waals surface area contributed by atoms with Crippen LogP contribution in [0.3, 0.4) is 0 Å². The number of nitrogens with two attached hydrogens (primary N) is 1. The number of carbonyl (C=O) groups is 2. The first-order chi connectivity index (χ1) is 8.08. The fourth-order valence-electron chi connectivity index (χ4n) is 2.10. The highest BCUT2D eigenvalue weighted by molar-refractivity contribution is 5.86. The molecule has 1 aliphatic carbocycles. The lowest BCUT2D eigenvalue weighted by molar-refractivity contribution is -0.143. The Kier molecular flexibility index (Phi) is 5.41. The van der Waals surface area contributed by atoms with Crippen LogP contribution in [0.25, 0.3) is 0 Å². The molecule has 1 fully saturated rings. The number of amides is 1. The third-order valence-corrected chi connectivity index (χ3v) is 3.12. The van der Waals surface area contributed by atoms with Crippen LogP contribution in [0.2, 0.25) is 0 Å². The first-order valence-electron chi connectivity index (χ1n) is 6.31. The van der Waals surface area contributed by atoms with Gasteiger partial charge in [0, 0.05) is 6.54 Å². The summed E-state index contributed by atoms with van der Waals surface area (Å²) in [5.41, 5.74) is 5.32. The van der Waals surface area contributed by atoms with Crippen LogP contribution in [-0.2, 0) is 14.3 Å². The van der Waals surface area contributed by atoms with Gasteiger partial charge in [0.2, 0.25) is 5.91 Å². The van der Waals surface area contributed by atoms with Crippen molar-refractivity contribution >= 4 is 11.9 Å². The molecule has 5 heteroatoms. The Hall–Kier alpha value is -1.10. The average Bonchev–Trinajstić information content (AvgIpc) is 2.30. The number of rotatable bonds is 5. The van der Waals surface area contributed by atoms with Crippen LogP contribution in [0.5, 0.6) is 0 Å². The van der Waals surface area contributed by atoms with Crippen molar-refractivity contribution in [3.8, 4) is 0 Å². The molecule has 5 nitrogen and oxygen atoms in total. The zero-order chi connectivity index (χ0) is 12.7. The lowest BCUT2D eigenvalue weighted by Gasteiger charge is -2.31. The third kappa shape index (κ3) is 4.34. The minimum atomic E-state index is -0.729. The van der Waals surface area contributed by atoms with Gasteiger partial charge in [0.15, 0.2) is 0 Å². The third-order valence-electron chi connectivity index (χ3n) is 3.12. The van der Waals surface area contributed by atoms with Crippen LogP contribution in [0.4, 0.5) is 0 Å². The molecule has 0 aromatic rings. The lowest BCUT2D eigenvalue weighted by atomic mass is 9.82. The molecule has 0 aromatic heterocycles. The molecule has 0 heterocycles. The summed E-state index contributed by atoms with van der Waals surface area (Å²) in [5, 5.41) is 2.72. The van der Waals surface area contributed by atoms with E-state index in [4.69, 9.17) is 10.5 Å². The second-order valence-corrected chi connectivity index (χ2v) is 4.53. The Labute approximate surface area is 102 Å². The van der Waals surface area contributed by atoms with Gasteiger partial charge >= 0.3 is 5.97 Å². The van der Waals surface area contributed by atoms with Gasteiger partial charge in [0.1, 0.15) is 0 Å². The summed E-state index contributed by atoms with van der Waals surface area (Å²) < 4.78 is 4.77. The van der Waals surface area contributed by atoms with Crippen molar-refractivity contribution in [3.63, 3.8) is 0 Å². The van der Waals surface area contributed by atoms with Crippen molar-refractivity contribution in [3.05, 3.63) is 0 Å². The second kappa shape index (κ2) is 6.59. The largest absolute Gasteiger partial charge is 0.466 e. The number of hydrogen-bond acceptors (Lipinski definition) is 4. The van der Waals surface area contributed by atoms with E-state index in [0.717, 1.165) is 32.1 Å². The van der Waals surface area contributed by atoms with Gasteiger partial charge in [-0.1, -0.05) is 19.3 Å². The molecule has 1 aliphatic rings. The Morgan fingerprint density at radius 3 is 2.53 bits per heavy atom. The van der Waals surface area contributed by atoms with Crippen molar-refractivity contribution in [1.82, 2.24) is 5.32 Å². The molecule has 0 aliphatic heterocycles. The molecular weight excluding hydrogens is 220 g/mol. The maximum atomic E-state index is 11.9. The smallest absolute Gasteiger partial charge is 0.307 e. The molecule has 98 valence electrons. The van der Waals surface area contributed by atoms with E-state index < -0.39 is 5.54 Å². The summed E-state index contributed by atoms with van der Waals surface area (Å²) in [7, 11) is 0. The Morgan fingerprint density at radius 1 is 1.29 bits per heavy atom. The maximum Gasteiger partial charge on any atom is 0.307 e. The van der Waals surface area contributed by atoms with Crippen molar-refractivity contribution in [1.29, 1.82) is 0 Å². The predicted molar refractivity (Wildman–Crippen MR) is 64.3 cm³/mol. The zero-order valence-electron chi connectivity index (χ0n) is 10.5. The molecule has 0 aromatic carbocycles. The Morgan fingerprint density at radius 2 is 1.94 bits per heavy atom. The summed E-state index contributed by atoms with van der Waals surface area (Å²) in [5.74, 6) is -0.427. The Balaban J connectivity index is 2.26. The number of nitrogens with one attached hydrogen (secondary N) is 1. The molecule has 0 radical (unpaired) electrons. The highest BCUT2D eigenvalue weighted by Crippen LogP contribution is 2.25. The van der Waals surface area contributed by atoms with Crippen LogP contribution in [0.1, 0.15) is 45.4 Å². The number of hydrogen-bond donors (Lipinski definition) is 2. The van der Waals surface area contributed by atoms with Gasteiger partial charge in [0.05, 0.1) is 18.6 Å². The first kappa shape index (κ1) is 14.0. The van der Waals surface area contributed by atoms with Crippen LogP contribution in [0, 0.1) is 0 Å². The zero-order valence-corrected chi connectivity index (χ0v) is 10.5. The van der Waals surface area contributed by atoms with Crippen LogP contribution >= 0.6 is 0 Å². The van der Waals surface area contributed by atoms with E-state index in [0.29, 0.717) is 13.2 Å². The van der Waals surface area contributed by atoms with Crippen LogP contribution < -0.4 is 11.1 Å². The lowest BCUT2D eigenvalue weighted by Crippen LogP contribution is -2.55. The molecule has 1 amide bonds. The quantitative estimate of drug-likeness (QED) is 0.696. The van der Waals surface area contributed by atoms with Gasteiger partial charge < -0.3 is 15.8 Å². The molecule has 0 atom stereocenters. The topological polar surface area (TPSA) is 81.4 Å². The predicted octanol–water partition coefficient (Wildman–Crippen LogP) is 0.717. The molecule has 0 saturated heterocycles. The average molecular weight is 242 g/mol. The standard InChI is InChI=1S/C12H22N2O3/c1-2-17-10(15)6-9-14-11(16)12(13)7-4-3-5-8-12/h2-9,13H2,1H3,(H,14,16). The summed E-state index contributed by atoms with van der Waals surface area (Å²) >= 11 is 0. The van der Waals surface area contributed by atoms with Gasteiger partial charge in [-0.05, 0) is 19.8 Å². The number of esters is 1. The van der Waals surface area contributed by atoms with E-state index in [1.165, 1.54) is 0 Å². The van der Waals surface area contributed by atoms with E-state index in [1.54, 1.807) is 6.92 Å². The minimum Gasteiger partial charge on any atom is -0.466 e.